The molecule has 1 aromatic rings. The second-order valence-corrected chi connectivity index (χ2v) is 6.36. The van der Waals surface area contributed by atoms with Crippen molar-refractivity contribution in [1.29, 1.82) is 0 Å². The average Bonchev–Trinajstić information content (AvgIpc) is 2.83. The third-order valence-electron chi connectivity index (χ3n) is 4.01. The Labute approximate surface area is 146 Å². The summed E-state index contributed by atoms with van der Waals surface area (Å²) in [4.78, 5) is 50.4. The molecule has 0 radical (unpaired) electrons. The molecule has 134 valence electrons. The Kier molecular flexibility index (Phi) is 5.56. The van der Waals surface area contributed by atoms with Gasteiger partial charge in [0.1, 0.15) is 6.04 Å². The predicted octanol–water partition coefficient (Wildman–Crippen LogP) is 1.37. The maximum Gasteiger partial charge on any atom is 0.330 e. The van der Waals surface area contributed by atoms with E-state index in [9.17, 15) is 19.2 Å². The zero-order valence-corrected chi connectivity index (χ0v) is 14.7. The van der Waals surface area contributed by atoms with Gasteiger partial charge in [-0.3, -0.25) is 19.3 Å². The number of carbonyl (C=O) groups excluding carboxylic acids is 4. The van der Waals surface area contributed by atoms with Gasteiger partial charge in [-0.2, -0.15) is 0 Å². The van der Waals surface area contributed by atoms with Crippen LogP contribution < -0.4 is 5.32 Å². The largest absolute Gasteiger partial charge is 0.451 e. The van der Waals surface area contributed by atoms with E-state index in [4.69, 9.17) is 4.74 Å². The number of benzene rings is 1. The van der Waals surface area contributed by atoms with Crippen LogP contribution in [0.15, 0.2) is 24.3 Å². The maximum atomic E-state index is 12.6. The molecule has 0 saturated heterocycles. The molecule has 2 rings (SSSR count). The Hall–Kier alpha value is -2.70. The fourth-order valence-electron chi connectivity index (χ4n) is 2.75. The highest BCUT2D eigenvalue weighted by Gasteiger charge is 2.44. The summed E-state index contributed by atoms with van der Waals surface area (Å²) in [6.07, 6.45) is -0.757. The average molecular weight is 346 g/mol. The lowest BCUT2D eigenvalue weighted by molar-refractivity contribution is -0.158. The number of fused-ring (bicyclic) bond motifs is 1. The highest BCUT2D eigenvalue weighted by molar-refractivity contribution is 6.22. The predicted molar refractivity (Wildman–Crippen MR) is 89.8 cm³/mol. The molecule has 7 nitrogen and oxygen atoms in total. The normalized spacial score (nSPS) is 15.8. The first kappa shape index (κ1) is 18.6. The van der Waals surface area contributed by atoms with Crippen molar-refractivity contribution in [3.8, 4) is 0 Å². The smallest absolute Gasteiger partial charge is 0.330 e. The van der Waals surface area contributed by atoms with E-state index in [0.29, 0.717) is 0 Å². The molecule has 0 aromatic heterocycles. The highest BCUT2D eigenvalue weighted by atomic mass is 16.5. The Bertz CT molecular complexity index is 678. The Morgan fingerprint density at radius 1 is 1.08 bits per heavy atom. The first-order chi connectivity index (χ1) is 11.8. The molecule has 0 unspecified atom stereocenters. The molecule has 1 heterocycles. The van der Waals surface area contributed by atoms with Crippen molar-refractivity contribution in [3.05, 3.63) is 35.4 Å². The van der Waals surface area contributed by atoms with Crippen molar-refractivity contribution in [2.45, 2.75) is 39.3 Å². The minimum atomic E-state index is -1.07. The molecule has 0 bridgehead atoms. The number of nitrogens with zero attached hydrogens (tertiary/aromatic N) is 1. The first-order valence-corrected chi connectivity index (χ1v) is 8.16. The number of rotatable bonds is 6. The van der Waals surface area contributed by atoms with Gasteiger partial charge in [-0.1, -0.05) is 26.0 Å². The molecule has 0 spiro atoms. The minimum absolute atomic E-state index is 0.0390. The lowest BCUT2D eigenvalue weighted by Gasteiger charge is -2.27. The highest BCUT2D eigenvalue weighted by Crippen LogP contribution is 2.27. The van der Waals surface area contributed by atoms with E-state index < -0.39 is 35.8 Å². The monoisotopic (exact) mass is 346 g/mol. The Morgan fingerprint density at radius 2 is 1.60 bits per heavy atom. The zero-order valence-electron chi connectivity index (χ0n) is 14.7. The van der Waals surface area contributed by atoms with Gasteiger partial charge >= 0.3 is 5.97 Å². The fourth-order valence-corrected chi connectivity index (χ4v) is 2.75. The molecule has 0 saturated carbocycles. The number of amides is 3. The summed E-state index contributed by atoms with van der Waals surface area (Å²) < 4.78 is 5.18. The van der Waals surface area contributed by atoms with Crippen LogP contribution in [-0.2, 0) is 14.3 Å². The van der Waals surface area contributed by atoms with Gasteiger partial charge in [-0.15, -0.1) is 0 Å². The summed E-state index contributed by atoms with van der Waals surface area (Å²) in [5.74, 6) is -2.22. The van der Waals surface area contributed by atoms with Crippen LogP contribution in [0.25, 0.3) is 0 Å². The molecule has 25 heavy (non-hydrogen) atoms. The fraction of sp³-hybridized carbons (Fsp3) is 0.444. The van der Waals surface area contributed by atoms with Gasteiger partial charge in [0.25, 0.3) is 17.7 Å². The molecule has 2 atom stereocenters. The number of nitrogens with one attached hydrogen (secondary N) is 1. The number of ether oxygens (including phenoxy) is 1. The third kappa shape index (κ3) is 3.70. The summed E-state index contributed by atoms with van der Waals surface area (Å²) >= 11 is 0. The molecular weight excluding hydrogens is 324 g/mol. The zero-order chi connectivity index (χ0) is 18.7. The molecule has 1 aromatic carbocycles. The van der Waals surface area contributed by atoms with Crippen LogP contribution in [0.2, 0.25) is 0 Å². The maximum absolute atomic E-state index is 12.6. The van der Waals surface area contributed by atoms with Crippen molar-refractivity contribution in [2.24, 2.45) is 5.92 Å². The summed E-state index contributed by atoms with van der Waals surface area (Å²) in [6.45, 7) is 5.19. The molecule has 3 amide bonds. The number of carbonyl (C=O) groups is 4. The molecule has 0 aliphatic carbocycles. The number of hydrogen-bond donors (Lipinski definition) is 1. The summed E-state index contributed by atoms with van der Waals surface area (Å²) in [6, 6.07) is 5.37. The van der Waals surface area contributed by atoms with Crippen LogP contribution in [0.4, 0.5) is 0 Å². The van der Waals surface area contributed by atoms with E-state index >= 15 is 0 Å². The summed E-state index contributed by atoms with van der Waals surface area (Å²) in [5, 5.41) is 2.39. The van der Waals surface area contributed by atoms with Crippen molar-refractivity contribution < 1.29 is 23.9 Å². The second kappa shape index (κ2) is 7.46. The van der Waals surface area contributed by atoms with Gasteiger partial charge in [-0.05, 0) is 31.4 Å². The first-order valence-electron chi connectivity index (χ1n) is 8.16. The van der Waals surface area contributed by atoms with E-state index in [-0.39, 0.29) is 23.5 Å². The van der Waals surface area contributed by atoms with E-state index in [1.807, 2.05) is 13.8 Å². The lowest BCUT2D eigenvalue weighted by atomic mass is 10.0. The molecule has 1 N–H and O–H groups in total. The standard InChI is InChI=1S/C18H22N2O5/c1-10(2)9-14(18(24)25-11(3)15(21)19-4)20-16(22)12-7-5-6-8-13(12)17(20)23/h5-8,10-11,14H,9H2,1-4H3,(H,19,21)/t11-,14-/m1/s1. The van der Waals surface area contributed by atoms with Gasteiger partial charge in [-0.25, -0.2) is 4.79 Å². The van der Waals surface area contributed by atoms with Gasteiger partial charge in [0.05, 0.1) is 11.1 Å². The van der Waals surface area contributed by atoms with E-state index in [2.05, 4.69) is 5.32 Å². The third-order valence-corrected chi connectivity index (χ3v) is 4.01. The molecule has 1 aliphatic rings. The van der Waals surface area contributed by atoms with Crippen molar-refractivity contribution in [3.63, 3.8) is 0 Å². The number of imide groups is 1. The van der Waals surface area contributed by atoms with E-state index in [1.165, 1.54) is 14.0 Å². The Balaban J connectivity index is 2.29. The van der Waals surface area contributed by atoms with Gasteiger partial charge in [0.2, 0.25) is 0 Å². The second-order valence-electron chi connectivity index (χ2n) is 6.36. The molecule has 7 heteroatoms. The van der Waals surface area contributed by atoms with Crippen LogP contribution in [-0.4, -0.2) is 47.8 Å². The van der Waals surface area contributed by atoms with Crippen LogP contribution in [0.3, 0.4) is 0 Å². The van der Waals surface area contributed by atoms with Gasteiger partial charge in [0, 0.05) is 7.05 Å². The number of likely N-dealkylation sites (N-methyl/N-ethyl adjacent to an activating group) is 1. The van der Waals surface area contributed by atoms with Crippen LogP contribution >= 0.6 is 0 Å². The molecule has 1 aliphatic heterocycles. The topological polar surface area (TPSA) is 92.8 Å². The minimum Gasteiger partial charge on any atom is -0.451 e. The number of hydrogen-bond acceptors (Lipinski definition) is 5. The van der Waals surface area contributed by atoms with Gasteiger partial charge < -0.3 is 10.1 Å². The molecular formula is C18H22N2O5. The van der Waals surface area contributed by atoms with Crippen molar-refractivity contribution in [1.82, 2.24) is 10.2 Å². The van der Waals surface area contributed by atoms with Gasteiger partial charge in [0.15, 0.2) is 6.10 Å². The quantitative estimate of drug-likeness (QED) is 0.620. The summed E-state index contributed by atoms with van der Waals surface area (Å²) in [5.41, 5.74) is 0.543. The van der Waals surface area contributed by atoms with E-state index in [1.54, 1.807) is 24.3 Å². The SMILES string of the molecule is CNC(=O)[C@@H](C)OC(=O)[C@@H](CC(C)C)N1C(=O)c2ccccc2C1=O. The molecule has 0 fully saturated rings. The van der Waals surface area contributed by atoms with Crippen molar-refractivity contribution >= 4 is 23.7 Å². The van der Waals surface area contributed by atoms with Crippen LogP contribution in [0.5, 0.6) is 0 Å². The van der Waals surface area contributed by atoms with Crippen LogP contribution in [0.1, 0.15) is 47.9 Å². The van der Waals surface area contributed by atoms with Crippen LogP contribution in [0, 0.1) is 5.92 Å². The van der Waals surface area contributed by atoms with E-state index in [0.717, 1.165) is 4.90 Å². The number of esters is 1. The van der Waals surface area contributed by atoms with Crippen molar-refractivity contribution in [2.75, 3.05) is 7.05 Å². The summed E-state index contributed by atoms with van der Waals surface area (Å²) in [7, 11) is 1.43. The lowest BCUT2D eigenvalue weighted by Crippen LogP contribution is -2.48. The Morgan fingerprint density at radius 3 is 2.04 bits per heavy atom.